The van der Waals surface area contributed by atoms with Crippen molar-refractivity contribution < 1.29 is 13.2 Å². The lowest BCUT2D eigenvalue weighted by Gasteiger charge is -2.23. The van der Waals surface area contributed by atoms with Crippen LogP contribution >= 0.6 is 28.3 Å². The summed E-state index contributed by atoms with van der Waals surface area (Å²) in [6.45, 7) is 2.33. The lowest BCUT2D eigenvalue weighted by Crippen LogP contribution is -2.38. The molecule has 5 nitrogen and oxygen atoms in total. The highest BCUT2D eigenvalue weighted by Gasteiger charge is 2.22. The van der Waals surface area contributed by atoms with Crippen LogP contribution in [0, 0.1) is 5.92 Å². The van der Waals surface area contributed by atoms with Gasteiger partial charge in [0.15, 0.2) is 0 Å². The fourth-order valence-electron chi connectivity index (χ4n) is 2.26. The van der Waals surface area contributed by atoms with Gasteiger partial charge < -0.3 is 10.1 Å². The molecule has 8 heteroatoms. The smallest absolute Gasteiger partial charge is 0.244 e. The first-order valence-electron chi connectivity index (χ1n) is 6.57. The summed E-state index contributed by atoms with van der Waals surface area (Å²) in [6, 6.07) is 4.95. The van der Waals surface area contributed by atoms with Crippen molar-refractivity contribution in [1.82, 2.24) is 10.0 Å². The Labute approximate surface area is 140 Å². The summed E-state index contributed by atoms with van der Waals surface area (Å²) < 4.78 is 33.3. The molecule has 1 heterocycles. The number of sulfonamides is 1. The number of piperidine rings is 1. The van der Waals surface area contributed by atoms with Gasteiger partial charge >= 0.3 is 0 Å². The van der Waals surface area contributed by atoms with Gasteiger partial charge in [0.05, 0.1) is 7.11 Å². The Kier molecular flexibility index (Phi) is 7.42. The van der Waals surface area contributed by atoms with Crippen LogP contribution < -0.4 is 14.8 Å². The van der Waals surface area contributed by atoms with Crippen molar-refractivity contribution >= 4 is 38.4 Å². The zero-order chi connectivity index (χ0) is 14.6. The number of halogens is 2. The third-order valence-electron chi connectivity index (χ3n) is 3.38. The van der Waals surface area contributed by atoms with Gasteiger partial charge in [-0.25, -0.2) is 13.1 Å². The van der Waals surface area contributed by atoms with Gasteiger partial charge in [-0.2, -0.15) is 0 Å². The number of hydrogen-bond donors (Lipinski definition) is 2. The summed E-state index contributed by atoms with van der Waals surface area (Å²) in [6.07, 6.45) is 2.14. The molecule has 0 aromatic heterocycles. The molecule has 1 unspecified atom stereocenters. The lowest BCUT2D eigenvalue weighted by molar-refractivity contribution is 0.374. The first kappa shape index (κ1) is 18.7. The predicted octanol–water partition coefficient (Wildman–Crippen LogP) is 2.16. The van der Waals surface area contributed by atoms with Gasteiger partial charge in [0, 0.05) is 11.0 Å². The number of rotatable bonds is 5. The molecule has 0 spiro atoms. The Morgan fingerprint density at radius 3 is 2.86 bits per heavy atom. The highest BCUT2D eigenvalue weighted by atomic mass is 79.9. The topological polar surface area (TPSA) is 67.4 Å². The fraction of sp³-hybridized carbons (Fsp3) is 0.538. The van der Waals surface area contributed by atoms with Gasteiger partial charge in [0.2, 0.25) is 10.0 Å². The molecule has 1 aromatic rings. The predicted molar refractivity (Wildman–Crippen MR) is 88.7 cm³/mol. The van der Waals surface area contributed by atoms with Gasteiger partial charge in [-0.1, -0.05) is 15.9 Å². The highest BCUT2D eigenvalue weighted by Crippen LogP contribution is 2.27. The van der Waals surface area contributed by atoms with E-state index < -0.39 is 10.0 Å². The molecule has 2 rings (SSSR count). The van der Waals surface area contributed by atoms with Crippen molar-refractivity contribution in [2.75, 3.05) is 26.7 Å². The zero-order valence-electron chi connectivity index (χ0n) is 11.8. The first-order valence-corrected chi connectivity index (χ1v) is 8.84. The quantitative estimate of drug-likeness (QED) is 0.796. The molecule has 0 aliphatic carbocycles. The molecule has 1 atom stereocenters. The maximum Gasteiger partial charge on any atom is 0.244 e. The zero-order valence-corrected chi connectivity index (χ0v) is 15.0. The van der Waals surface area contributed by atoms with Crippen molar-refractivity contribution in [3.05, 3.63) is 22.7 Å². The minimum atomic E-state index is -3.56. The van der Waals surface area contributed by atoms with Gasteiger partial charge in [-0.05, 0) is 50.0 Å². The van der Waals surface area contributed by atoms with E-state index >= 15 is 0 Å². The summed E-state index contributed by atoms with van der Waals surface area (Å²) in [5, 5.41) is 3.28. The van der Waals surface area contributed by atoms with E-state index in [0.717, 1.165) is 25.9 Å². The van der Waals surface area contributed by atoms with E-state index in [1.807, 2.05) is 0 Å². The van der Waals surface area contributed by atoms with Crippen LogP contribution in [0.25, 0.3) is 0 Å². The van der Waals surface area contributed by atoms with Crippen molar-refractivity contribution in [2.24, 2.45) is 5.92 Å². The molecule has 1 fully saturated rings. The van der Waals surface area contributed by atoms with Crippen LogP contribution in [-0.2, 0) is 10.0 Å². The normalized spacial score (nSPS) is 18.9. The molecule has 0 bridgehead atoms. The second-order valence-corrected chi connectivity index (χ2v) is 7.51. The molecule has 21 heavy (non-hydrogen) atoms. The molecule has 0 saturated carbocycles. The number of ether oxygens (including phenoxy) is 1. The van der Waals surface area contributed by atoms with E-state index in [1.54, 1.807) is 18.2 Å². The number of benzene rings is 1. The first-order chi connectivity index (χ1) is 9.53. The molecule has 1 aliphatic heterocycles. The minimum Gasteiger partial charge on any atom is -0.495 e. The summed E-state index contributed by atoms with van der Waals surface area (Å²) in [5.74, 6) is 0.694. The van der Waals surface area contributed by atoms with Crippen LogP contribution in [0.3, 0.4) is 0 Å². The summed E-state index contributed by atoms with van der Waals surface area (Å²) in [5.41, 5.74) is 0. The minimum absolute atomic E-state index is 0. The monoisotopic (exact) mass is 398 g/mol. The second-order valence-electron chi connectivity index (χ2n) is 4.86. The van der Waals surface area contributed by atoms with Gasteiger partial charge in [0.25, 0.3) is 0 Å². The Balaban J connectivity index is 0.00000220. The Morgan fingerprint density at radius 1 is 1.48 bits per heavy atom. The third-order valence-corrected chi connectivity index (χ3v) is 5.31. The maximum atomic E-state index is 12.4. The molecule has 1 saturated heterocycles. The van der Waals surface area contributed by atoms with Crippen LogP contribution in [0.1, 0.15) is 12.8 Å². The molecule has 120 valence electrons. The van der Waals surface area contributed by atoms with E-state index in [2.05, 4.69) is 26.0 Å². The largest absolute Gasteiger partial charge is 0.495 e. The van der Waals surface area contributed by atoms with Crippen molar-refractivity contribution in [2.45, 2.75) is 17.7 Å². The van der Waals surface area contributed by atoms with Crippen LogP contribution in [0.2, 0.25) is 0 Å². The molecular formula is C13H20BrClN2O3S. The standard InChI is InChI=1S/C13H19BrN2O3S.ClH/c1-19-12-5-4-11(14)7-13(12)20(17,18)16-9-10-3-2-6-15-8-10;/h4-5,7,10,15-16H,2-3,6,8-9H2,1H3;1H. The molecular weight excluding hydrogens is 380 g/mol. The summed E-state index contributed by atoms with van der Waals surface area (Å²) >= 11 is 3.29. The lowest BCUT2D eigenvalue weighted by atomic mass is 10.0. The summed E-state index contributed by atoms with van der Waals surface area (Å²) in [7, 11) is -2.09. The van der Waals surface area contributed by atoms with Crippen LogP contribution in [-0.4, -0.2) is 35.2 Å². The number of nitrogens with one attached hydrogen (secondary N) is 2. The molecule has 2 N–H and O–H groups in total. The summed E-state index contributed by atoms with van der Waals surface area (Å²) in [4.78, 5) is 0.165. The fourth-order valence-corrected chi connectivity index (χ4v) is 4.09. The van der Waals surface area contributed by atoms with Crippen molar-refractivity contribution in [3.63, 3.8) is 0 Å². The van der Waals surface area contributed by atoms with Crippen LogP contribution in [0.5, 0.6) is 5.75 Å². The average Bonchev–Trinajstić information content (AvgIpc) is 2.46. The van der Waals surface area contributed by atoms with E-state index in [0.29, 0.717) is 22.7 Å². The van der Waals surface area contributed by atoms with E-state index in [1.165, 1.54) is 7.11 Å². The second kappa shape index (κ2) is 8.33. The van der Waals surface area contributed by atoms with Crippen LogP contribution in [0.15, 0.2) is 27.6 Å². The van der Waals surface area contributed by atoms with E-state index in [4.69, 9.17) is 4.74 Å². The Morgan fingerprint density at radius 2 is 2.24 bits per heavy atom. The number of methoxy groups -OCH3 is 1. The van der Waals surface area contributed by atoms with Gasteiger partial charge in [0.1, 0.15) is 10.6 Å². The van der Waals surface area contributed by atoms with E-state index in [-0.39, 0.29) is 17.3 Å². The molecule has 0 radical (unpaired) electrons. The Hall–Kier alpha value is -0.340. The van der Waals surface area contributed by atoms with Gasteiger partial charge in [-0.15, -0.1) is 12.4 Å². The van der Waals surface area contributed by atoms with Crippen molar-refractivity contribution in [3.8, 4) is 5.75 Å². The molecule has 0 amide bonds. The average molecular weight is 400 g/mol. The van der Waals surface area contributed by atoms with Crippen molar-refractivity contribution in [1.29, 1.82) is 0 Å². The SMILES string of the molecule is COc1ccc(Br)cc1S(=O)(=O)NCC1CCCNC1.Cl. The third kappa shape index (κ3) is 5.10. The Bertz CT molecular complexity index is 563. The molecule has 1 aromatic carbocycles. The van der Waals surface area contributed by atoms with Crippen LogP contribution in [0.4, 0.5) is 0 Å². The number of hydrogen-bond acceptors (Lipinski definition) is 4. The maximum absolute atomic E-state index is 12.4. The highest BCUT2D eigenvalue weighted by molar-refractivity contribution is 9.10. The van der Waals surface area contributed by atoms with Gasteiger partial charge in [-0.3, -0.25) is 0 Å². The van der Waals surface area contributed by atoms with E-state index in [9.17, 15) is 8.42 Å². The molecule has 1 aliphatic rings.